The molecule has 0 aliphatic carbocycles. The zero-order chi connectivity index (χ0) is 14.5. The third-order valence-corrected chi connectivity index (χ3v) is 5.01. The standard InChI is InChI=1S/C13H21FN2O2S/c1-11-6-7-12(14)10-13(11)19(17,18)16(2)9-5-3-4-8-15/h6-7,10H,3-5,8-9,15H2,1-2H3. The lowest BCUT2D eigenvalue weighted by molar-refractivity contribution is 0.452. The van der Waals surface area contributed by atoms with Crippen molar-refractivity contribution in [1.29, 1.82) is 0 Å². The Morgan fingerprint density at radius 3 is 2.58 bits per heavy atom. The van der Waals surface area contributed by atoms with Gasteiger partial charge in [0.25, 0.3) is 0 Å². The summed E-state index contributed by atoms with van der Waals surface area (Å²) >= 11 is 0. The molecule has 0 unspecified atom stereocenters. The van der Waals surface area contributed by atoms with Gasteiger partial charge in [-0.3, -0.25) is 0 Å². The highest BCUT2D eigenvalue weighted by Gasteiger charge is 2.22. The second-order valence-corrected chi connectivity index (χ2v) is 6.60. The molecule has 0 radical (unpaired) electrons. The lowest BCUT2D eigenvalue weighted by atomic mass is 10.2. The van der Waals surface area contributed by atoms with Crippen molar-refractivity contribution in [1.82, 2.24) is 4.31 Å². The normalized spacial score (nSPS) is 12.1. The van der Waals surface area contributed by atoms with E-state index < -0.39 is 15.8 Å². The topological polar surface area (TPSA) is 63.4 Å². The highest BCUT2D eigenvalue weighted by Crippen LogP contribution is 2.20. The molecule has 1 rings (SSSR count). The average Bonchev–Trinajstić information content (AvgIpc) is 2.37. The number of rotatable bonds is 7. The molecule has 0 bridgehead atoms. The zero-order valence-corrected chi connectivity index (χ0v) is 12.2. The summed E-state index contributed by atoms with van der Waals surface area (Å²) < 4.78 is 39.1. The first kappa shape index (κ1) is 16.1. The minimum Gasteiger partial charge on any atom is -0.330 e. The van der Waals surface area contributed by atoms with Crippen LogP contribution in [0.1, 0.15) is 24.8 Å². The molecule has 108 valence electrons. The van der Waals surface area contributed by atoms with Crippen molar-refractivity contribution in [3.63, 3.8) is 0 Å². The van der Waals surface area contributed by atoms with Crippen molar-refractivity contribution in [2.75, 3.05) is 20.1 Å². The van der Waals surface area contributed by atoms with Crippen LogP contribution in [-0.4, -0.2) is 32.9 Å². The predicted molar refractivity (Wildman–Crippen MR) is 73.9 cm³/mol. The zero-order valence-electron chi connectivity index (χ0n) is 11.4. The van der Waals surface area contributed by atoms with Crippen molar-refractivity contribution >= 4 is 10.0 Å². The molecule has 0 saturated carbocycles. The Bertz CT molecular complexity index is 517. The van der Waals surface area contributed by atoms with Crippen molar-refractivity contribution in [2.24, 2.45) is 5.73 Å². The molecule has 0 aromatic heterocycles. The van der Waals surface area contributed by atoms with Crippen molar-refractivity contribution < 1.29 is 12.8 Å². The maximum Gasteiger partial charge on any atom is 0.243 e. The maximum absolute atomic E-state index is 13.2. The van der Waals surface area contributed by atoms with E-state index in [1.807, 2.05) is 0 Å². The summed E-state index contributed by atoms with van der Waals surface area (Å²) in [5, 5.41) is 0. The molecule has 1 aromatic carbocycles. The molecule has 6 heteroatoms. The Hall–Kier alpha value is -0.980. The van der Waals surface area contributed by atoms with Gasteiger partial charge in [0.15, 0.2) is 0 Å². The SMILES string of the molecule is Cc1ccc(F)cc1S(=O)(=O)N(C)CCCCCN. The summed E-state index contributed by atoms with van der Waals surface area (Å²) in [6.07, 6.45) is 2.52. The Kier molecular flexibility index (Phi) is 5.90. The molecule has 19 heavy (non-hydrogen) atoms. The number of unbranched alkanes of at least 4 members (excludes halogenated alkanes) is 2. The van der Waals surface area contributed by atoms with E-state index >= 15 is 0 Å². The van der Waals surface area contributed by atoms with E-state index in [4.69, 9.17) is 5.73 Å². The largest absolute Gasteiger partial charge is 0.330 e. The molecule has 2 N–H and O–H groups in total. The van der Waals surface area contributed by atoms with Gasteiger partial charge in [0.05, 0.1) is 4.90 Å². The molecule has 0 atom stereocenters. The van der Waals surface area contributed by atoms with E-state index in [2.05, 4.69) is 0 Å². The average molecular weight is 288 g/mol. The highest BCUT2D eigenvalue weighted by atomic mass is 32.2. The maximum atomic E-state index is 13.2. The van der Waals surface area contributed by atoms with Crippen molar-refractivity contribution in [3.8, 4) is 0 Å². The Morgan fingerprint density at radius 2 is 1.95 bits per heavy atom. The van der Waals surface area contributed by atoms with Gasteiger partial charge in [-0.15, -0.1) is 0 Å². The first-order valence-corrected chi connectivity index (χ1v) is 7.76. The van der Waals surface area contributed by atoms with Gasteiger partial charge < -0.3 is 5.73 Å². The van der Waals surface area contributed by atoms with Crippen LogP contribution >= 0.6 is 0 Å². The monoisotopic (exact) mass is 288 g/mol. The van der Waals surface area contributed by atoms with E-state index in [0.717, 1.165) is 25.3 Å². The van der Waals surface area contributed by atoms with Gasteiger partial charge in [-0.2, -0.15) is 0 Å². The first-order chi connectivity index (χ1) is 8.89. The van der Waals surface area contributed by atoms with Gasteiger partial charge in [0.1, 0.15) is 5.82 Å². The number of halogens is 1. The summed E-state index contributed by atoms with van der Waals surface area (Å²) in [5.74, 6) is -0.541. The fraction of sp³-hybridized carbons (Fsp3) is 0.538. The van der Waals surface area contributed by atoms with Crippen LogP contribution in [0.25, 0.3) is 0 Å². The number of aryl methyl sites for hydroxylation is 1. The molecule has 0 aliphatic heterocycles. The number of nitrogens with two attached hydrogens (primary N) is 1. The summed E-state index contributed by atoms with van der Waals surface area (Å²) in [4.78, 5) is 0.0359. The van der Waals surface area contributed by atoms with Gasteiger partial charge >= 0.3 is 0 Å². The van der Waals surface area contributed by atoms with Crippen molar-refractivity contribution in [2.45, 2.75) is 31.1 Å². The number of hydrogen-bond acceptors (Lipinski definition) is 3. The molecule has 0 heterocycles. The van der Waals surface area contributed by atoms with E-state index in [1.54, 1.807) is 6.92 Å². The molecule has 0 saturated heterocycles. The molecule has 0 amide bonds. The highest BCUT2D eigenvalue weighted by molar-refractivity contribution is 7.89. The minimum absolute atomic E-state index is 0.0359. The van der Waals surface area contributed by atoms with Crippen molar-refractivity contribution in [3.05, 3.63) is 29.6 Å². The third-order valence-electron chi connectivity index (χ3n) is 3.02. The summed E-state index contributed by atoms with van der Waals surface area (Å²) in [6, 6.07) is 3.81. The first-order valence-electron chi connectivity index (χ1n) is 6.32. The number of sulfonamides is 1. The second-order valence-electron chi connectivity index (χ2n) is 4.59. The van der Waals surface area contributed by atoms with E-state index in [1.165, 1.54) is 23.5 Å². The van der Waals surface area contributed by atoms with Gasteiger partial charge in [0, 0.05) is 13.6 Å². The van der Waals surface area contributed by atoms with Crippen LogP contribution in [0.5, 0.6) is 0 Å². The predicted octanol–water partition coefficient (Wildman–Crippen LogP) is 1.88. The van der Waals surface area contributed by atoms with Gasteiger partial charge in [-0.25, -0.2) is 17.1 Å². The van der Waals surface area contributed by atoms with E-state index in [0.29, 0.717) is 18.7 Å². The molecule has 0 aliphatic rings. The van der Waals surface area contributed by atoms with Crippen LogP contribution in [-0.2, 0) is 10.0 Å². The summed E-state index contributed by atoms with van der Waals surface area (Å²) in [6.45, 7) is 2.69. The Balaban J connectivity index is 2.82. The smallest absolute Gasteiger partial charge is 0.243 e. The molecule has 0 fully saturated rings. The molecule has 0 spiro atoms. The molecule has 1 aromatic rings. The Labute approximate surface area is 114 Å². The fourth-order valence-electron chi connectivity index (χ4n) is 1.80. The third kappa shape index (κ3) is 4.26. The molecule has 4 nitrogen and oxygen atoms in total. The summed E-state index contributed by atoms with van der Waals surface area (Å²) in [7, 11) is -2.10. The number of nitrogens with zero attached hydrogens (tertiary/aromatic N) is 1. The van der Waals surface area contributed by atoms with Crippen LogP contribution in [0.2, 0.25) is 0 Å². The van der Waals surface area contributed by atoms with Gasteiger partial charge in [0.2, 0.25) is 10.0 Å². The van der Waals surface area contributed by atoms with E-state index in [9.17, 15) is 12.8 Å². The van der Waals surface area contributed by atoms with Gasteiger partial charge in [-0.1, -0.05) is 12.5 Å². The quantitative estimate of drug-likeness (QED) is 0.779. The summed E-state index contributed by atoms with van der Waals surface area (Å²) in [5.41, 5.74) is 5.94. The van der Waals surface area contributed by atoms with Crippen LogP contribution in [0.3, 0.4) is 0 Å². The second kappa shape index (κ2) is 6.98. The van der Waals surface area contributed by atoms with E-state index in [-0.39, 0.29) is 4.90 Å². The van der Waals surface area contributed by atoms with Gasteiger partial charge in [-0.05, 0) is 44.0 Å². The minimum atomic E-state index is -3.62. The van der Waals surface area contributed by atoms with Crippen LogP contribution in [0.15, 0.2) is 23.1 Å². The lowest BCUT2D eigenvalue weighted by Gasteiger charge is -2.18. The number of benzene rings is 1. The Morgan fingerprint density at radius 1 is 1.26 bits per heavy atom. The van der Waals surface area contributed by atoms with Crippen LogP contribution in [0, 0.1) is 12.7 Å². The van der Waals surface area contributed by atoms with Crippen LogP contribution in [0.4, 0.5) is 4.39 Å². The molecular weight excluding hydrogens is 267 g/mol. The lowest BCUT2D eigenvalue weighted by Crippen LogP contribution is -2.28. The molecular formula is C13H21FN2O2S. The fourth-order valence-corrected chi connectivity index (χ4v) is 3.24. The number of hydrogen-bond donors (Lipinski definition) is 1. The van der Waals surface area contributed by atoms with Crippen LogP contribution < -0.4 is 5.73 Å².